The summed E-state index contributed by atoms with van der Waals surface area (Å²) in [4.78, 5) is 6.82. The third kappa shape index (κ3) is 1.99. The van der Waals surface area contributed by atoms with Crippen molar-refractivity contribution in [2.24, 2.45) is 0 Å². The maximum atomic E-state index is 4.53. The fourth-order valence-corrected chi connectivity index (χ4v) is 2.88. The molecule has 0 atom stereocenters. The van der Waals surface area contributed by atoms with Crippen LogP contribution in [-0.4, -0.2) is 18.1 Å². The van der Waals surface area contributed by atoms with Crippen molar-refractivity contribution < 1.29 is 0 Å². The fraction of sp³-hybridized carbons (Fsp3) is 0.312. The molecule has 2 heteroatoms. The van der Waals surface area contributed by atoms with Gasteiger partial charge in [0.05, 0.1) is 0 Å². The Hall–Kier alpha value is -1.83. The number of hydrogen-bond acceptors (Lipinski definition) is 2. The maximum Gasteiger partial charge on any atom is 0.132 e. The summed E-state index contributed by atoms with van der Waals surface area (Å²) in [6.45, 7) is 13.4. The van der Waals surface area contributed by atoms with E-state index in [0.717, 1.165) is 31.7 Å². The monoisotopic (exact) mass is 240 g/mol. The zero-order valence-corrected chi connectivity index (χ0v) is 10.8. The minimum atomic E-state index is 0.0795. The first kappa shape index (κ1) is 12.6. The summed E-state index contributed by atoms with van der Waals surface area (Å²) in [5.74, 6) is 1.08. The van der Waals surface area contributed by atoms with Crippen LogP contribution in [0.15, 0.2) is 56.3 Å². The highest BCUT2D eigenvalue weighted by Gasteiger charge is 2.41. The Morgan fingerprint density at radius 2 is 1.94 bits per heavy atom. The van der Waals surface area contributed by atoms with Gasteiger partial charge in [-0.25, -0.2) is 4.98 Å². The van der Waals surface area contributed by atoms with Gasteiger partial charge in [-0.2, -0.15) is 0 Å². The van der Waals surface area contributed by atoms with Gasteiger partial charge in [0.15, 0.2) is 0 Å². The van der Waals surface area contributed by atoms with E-state index in [1.165, 1.54) is 5.56 Å². The molecule has 0 bridgehead atoms. The molecule has 18 heavy (non-hydrogen) atoms. The lowest BCUT2D eigenvalue weighted by atomic mass is 9.77. The van der Waals surface area contributed by atoms with E-state index < -0.39 is 0 Å². The average Bonchev–Trinajstić information content (AvgIpc) is 2.67. The molecule has 1 aromatic rings. The summed E-state index contributed by atoms with van der Waals surface area (Å²) < 4.78 is 0. The molecule has 0 radical (unpaired) electrons. The molecule has 0 aromatic carbocycles. The van der Waals surface area contributed by atoms with Crippen molar-refractivity contribution in [3.8, 4) is 0 Å². The first-order valence-electron chi connectivity index (χ1n) is 6.30. The Morgan fingerprint density at radius 3 is 2.56 bits per heavy atom. The Morgan fingerprint density at radius 1 is 1.22 bits per heavy atom. The summed E-state index contributed by atoms with van der Waals surface area (Å²) in [7, 11) is 0. The molecule has 0 unspecified atom stereocenters. The van der Waals surface area contributed by atoms with Gasteiger partial charge >= 0.3 is 0 Å². The molecule has 1 aromatic heterocycles. The second kappa shape index (κ2) is 5.21. The third-order valence-corrected chi connectivity index (χ3v) is 3.57. The van der Waals surface area contributed by atoms with Gasteiger partial charge in [-0.3, -0.25) is 0 Å². The Balaban J connectivity index is 2.47. The molecule has 2 rings (SSSR count). The van der Waals surface area contributed by atoms with Crippen LogP contribution in [0.2, 0.25) is 0 Å². The number of pyridine rings is 1. The number of nitrogens with zero attached hydrogens (tertiary/aromatic N) is 2. The second-order valence-corrected chi connectivity index (χ2v) is 4.81. The fourth-order valence-electron chi connectivity index (χ4n) is 2.88. The zero-order chi connectivity index (χ0) is 13.0. The molecule has 0 saturated heterocycles. The molecule has 0 N–H and O–H groups in total. The van der Waals surface area contributed by atoms with Crippen LogP contribution in [0.5, 0.6) is 0 Å². The molecule has 1 aliphatic rings. The quantitative estimate of drug-likeness (QED) is 0.708. The van der Waals surface area contributed by atoms with E-state index in [4.69, 9.17) is 0 Å². The van der Waals surface area contributed by atoms with Crippen molar-refractivity contribution in [3.05, 3.63) is 61.9 Å². The molecule has 2 heterocycles. The Bertz CT molecular complexity index is 452. The van der Waals surface area contributed by atoms with Crippen LogP contribution in [0.1, 0.15) is 18.4 Å². The number of rotatable bonds is 6. The molecule has 0 spiro atoms. The van der Waals surface area contributed by atoms with Gasteiger partial charge in [0.2, 0.25) is 0 Å². The largest absolute Gasteiger partial charge is 0.352 e. The summed E-state index contributed by atoms with van der Waals surface area (Å²) in [5, 5.41) is 0. The SMILES string of the molecule is C=CCN1CC(CC=C)(CC=C)c2cccnc21. The van der Waals surface area contributed by atoms with Crippen molar-refractivity contribution in [1.29, 1.82) is 0 Å². The minimum absolute atomic E-state index is 0.0795. The molecule has 0 saturated carbocycles. The van der Waals surface area contributed by atoms with Crippen LogP contribution >= 0.6 is 0 Å². The molecular weight excluding hydrogens is 220 g/mol. The number of anilines is 1. The van der Waals surface area contributed by atoms with Crippen LogP contribution in [0.25, 0.3) is 0 Å². The van der Waals surface area contributed by atoms with Crippen molar-refractivity contribution >= 4 is 5.82 Å². The van der Waals surface area contributed by atoms with Crippen LogP contribution < -0.4 is 4.90 Å². The normalized spacial score (nSPS) is 16.1. The zero-order valence-electron chi connectivity index (χ0n) is 10.8. The first-order chi connectivity index (χ1) is 8.77. The molecule has 94 valence electrons. The number of aromatic nitrogens is 1. The molecule has 0 fully saturated rings. The lowest BCUT2D eigenvalue weighted by molar-refractivity contribution is 0.465. The highest BCUT2D eigenvalue weighted by atomic mass is 15.2. The number of hydrogen-bond donors (Lipinski definition) is 0. The van der Waals surface area contributed by atoms with Crippen LogP contribution in [0, 0.1) is 0 Å². The van der Waals surface area contributed by atoms with Crippen molar-refractivity contribution in [2.75, 3.05) is 18.0 Å². The van der Waals surface area contributed by atoms with Gasteiger partial charge in [0.25, 0.3) is 0 Å². The van der Waals surface area contributed by atoms with Crippen molar-refractivity contribution in [1.82, 2.24) is 4.98 Å². The van der Waals surface area contributed by atoms with Gasteiger partial charge in [0, 0.05) is 30.3 Å². The summed E-state index contributed by atoms with van der Waals surface area (Å²) in [5.41, 5.74) is 1.39. The van der Waals surface area contributed by atoms with E-state index in [0.29, 0.717) is 0 Å². The summed E-state index contributed by atoms with van der Waals surface area (Å²) in [6.07, 6.45) is 9.68. The standard InChI is InChI=1S/C16H20N2/c1-4-9-16(10-5-2)13-18(12-6-3)15-14(16)8-7-11-17-15/h4-8,11H,1-3,9-10,12-13H2. The van der Waals surface area contributed by atoms with E-state index in [2.05, 4.69) is 35.7 Å². The van der Waals surface area contributed by atoms with E-state index in [-0.39, 0.29) is 5.41 Å². The topological polar surface area (TPSA) is 16.1 Å². The van der Waals surface area contributed by atoms with Gasteiger partial charge in [-0.05, 0) is 18.9 Å². The molecular formula is C16H20N2. The van der Waals surface area contributed by atoms with Gasteiger partial charge in [-0.1, -0.05) is 24.3 Å². The molecule has 0 aliphatic carbocycles. The van der Waals surface area contributed by atoms with Gasteiger partial charge in [0.1, 0.15) is 5.82 Å². The highest BCUT2D eigenvalue weighted by Crippen LogP contribution is 2.44. The third-order valence-electron chi connectivity index (χ3n) is 3.57. The molecule has 2 nitrogen and oxygen atoms in total. The second-order valence-electron chi connectivity index (χ2n) is 4.81. The average molecular weight is 240 g/mol. The van der Waals surface area contributed by atoms with Gasteiger partial charge in [-0.15, -0.1) is 19.7 Å². The predicted molar refractivity (Wildman–Crippen MR) is 78.0 cm³/mol. The van der Waals surface area contributed by atoms with Crippen molar-refractivity contribution in [2.45, 2.75) is 18.3 Å². The number of allylic oxidation sites excluding steroid dienone is 2. The smallest absolute Gasteiger partial charge is 0.132 e. The van der Waals surface area contributed by atoms with Crippen LogP contribution in [-0.2, 0) is 5.41 Å². The molecule has 0 amide bonds. The lowest BCUT2D eigenvalue weighted by Gasteiger charge is -2.28. The van der Waals surface area contributed by atoms with Gasteiger partial charge < -0.3 is 4.90 Å². The summed E-state index contributed by atoms with van der Waals surface area (Å²) in [6, 6.07) is 4.19. The first-order valence-corrected chi connectivity index (χ1v) is 6.30. The minimum Gasteiger partial charge on any atom is -0.352 e. The lowest BCUT2D eigenvalue weighted by Crippen LogP contribution is -2.33. The molecule has 1 aliphatic heterocycles. The number of fused-ring (bicyclic) bond motifs is 1. The van der Waals surface area contributed by atoms with Crippen LogP contribution in [0.3, 0.4) is 0 Å². The Labute approximate surface area is 109 Å². The highest BCUT2D eigenvalue weighted by molar-refractivity contribution is 5.58. The summed E-state index contributed by atoms with van der Waals surface area (Å²) >= 11 is 0. The van der Waals surface area contributed by atoms with E-state index in [1.54, 1.807) is 0 Å². The van der Waals surface area contributed by atoms with Crippen LogP contribution in [0.4, 0.5) is 5.82 Å². The predicted octanol–water partition coefficient (Wildman–Crippen LogP) is 3.48. The van der Waals surface area contributed by atoms with E-state index in [9.17, 15) is 0 Å². The maximum absolute atomic E-state index is 4.53. The van der Waals surface area contributed by atoms with Crippen molar-refractivity contribution in [3.63, 3.8) is 0 Å². The van der Waals surface area contributed by atoms with E-state index in [1.807, 2.05) is 30.5 Å². The van der Waals surface area contributed by atoms with E-state index >= 15 is 0 Å². The Kier molecular flexibility index (Phi) is 3.66.